The molecule has 0 radical (unpaired) electrons. The highest BCUT2D eigenvalue weighted by atomic mass is 16.5. The van der Waals surface area contributed by atoms with Crippen molar-refractivity contribution >= 4 is 5.91 Å². The molecule has 2 atom stereocenters. The van der Waals surface area contributed by atoms with E-state index in [1.54, 1.807) is 7.11 Å². The molecule has 1 heterocycles. The zero-order valence-corrected chi connectivity index (χ0v) is 11.6. The lowest BCUT2D eigenvalue weighted by molar-refractivity contribution is -0.130. The summed E-state index contributed by atoms with van der Waals surface area (Å²) in [6.07, 6.45) is 1.46. The zero-order valence-electron chi connectivity index (χ0n) is 11.6. The maximum absolute atomic E-state index is 12.1. The molecule has 0 unspecified atom stereocenters. The Labute approximate surface area is 114 Å². The Kier molecular flexibility index (Phi) is 4.43. The minimum atomic E-state index is 0.153. The molecule has 1 fully saturated rings. The minimum absolute atomic E-state index is 0.153. The van der Waals surface area contributed by atoms with Crippen LogP contribution in [0.15, 0.2) is 24.3 Å². The van der Waals surface area contributed by atoms with Gasteiger partial charge in [-0.05, 0) is 30.0 Å². The lowest BCUT2D eigenvalue weighted by Gasteiger charge is -2.19. The second kappa shape index (κ2) is 6.06. The molecule has 19 heavy (non-hydrogen) atoms. The number of carbonyl (C=O) groups excluding carboxylic acids is 1. The standard InChI is InChI=1S/C15H22N2O2/c1-11(12-3-5-14(19-2)6-4-12)9-15(18)17-8-7-13(16)10-17/h3-6,11,13H,7-10,16H2,1-2H3/t11-,13-/m1/s1. The molecule has 1 aromatic carbocycles. The second-order valence-corrected chi connectivity index (χ2v) is 5.27. The molecule has 0 aromatic heterocycles. The third-order valence-electron chi connectivity index (χ3n) is 3.74. The first kappa shape index (κ1) is 13.9. The Morgan fingerprint density at radius 1 is 1.47 bits per heavy atom. The Balaban J connectivity index is 1.92. The Bertz CT molecular complexity index is 430. The van der Waals surface area contributed by atoms with Crippen molar-refractivity contribution in [1.82, 2.24) is 4.90 Å². The van der Waals surface area contributed by atoms with E-state index in [1.807, 2.05) is 29.2 Å². The van der Waals surface area contributed by atoms with Gasteiger partial charge in [0.25, 0.3) is 0 Å². The highest BCUT2D eigenvalue weighted by Crippen LogP contribution is 2.23. The fourth-order valence-electron chi connectivity index (χ4n) is 2.46. The number of carbonyl (C=O) groups is 1. The number of nitrogens with two attached hydrogens (primary N) is 1. The van der Waals surface area contributed by atoms with Crippen molar-refractivity contribution in [3.8, 4) is 5.75 Å². The van der Waals surface area contributed by atoms with Crippen LogP contribution < -0.4 is 10.5 Å². The Morgan fingerprint density at radius 2 is 2.16 bits per heavy atom. The molecule has 1 aliphatic heterocycles. The van der Waals surface area contributed by atoms with Crippen LogP contribution in [0.5, 0.6) is 5.75 Å². The highest BCUT2D eigenvalue weighted by molar-refractivity contribution is 5.77. The molecule has 2 N–H and O–H groups in total. The second-order valence-electron chi connectivity index (χ2n) is 5.27. The predicted molar refractivity (Wildman–Crippen MR) is 75.2 cm³/mol. The molecule has 104 valence electrons. The number of methoxy groups -OCH3 is 1. The van der Waals surface area contributed by atoms with Gasteiger partial charge in [0.05, 0.1) is 7.11 Å². The topological polar surface area (TPSA) is 55.6 Å². The molecule has 1 amide bonds. The molecule has 0 bridgehead atoms. The molecular weight excluding hydrogens is 240 g/mol. The van der Waals surface area contributed by atoms with E-state index >= 15 is 0 Å². The average molecular weight is 262 g/mol. The normalized spacial score (nSPS) is 20.4. The van der Waals surface area contributed by atoms with Gasteiger partial charge in [-0.2, -0.15) is 0 Å². The van der Waals surface area contributed by atoms with Crippen molar-refractivity contribution < 1.29 is 9.53 Å². The average Bonchev–Trinajstić information content (AvgIpc) is 2.85. The van der Waals surface area contributed by atoms with Gasteiger partial charge in [0.15, 0.2) is 0 Å². The van der Waals surface area contributed by atoms with Gasteiger partial charge in [-0.25, -0.2) is 0 Å². The smallest absolute Gasteiger partial charge is 0.223 e. The van der Waals surface area contributed by atoms with Crippen molar-refractivity contribution in [2.24, 2.45) is 5.73 Å². The van der Waals surface area contributed by atoms with Crippen LogP contribution in [-0.2, 0) is 4.79 Å². The van der Waals surface area contributed by atoms with Crippen LogP contribution in [0.25, 0.3) is 0 Å². The van der Waals surface area contributed by atoms with E-state index in [-0.39, 0.29) is 17.9 Å². The summed E-state index contributed by atoms with van der Waals surface area (Å²) in [5, 5.41) is 0. The number of amides is 1. The molecular formula is C15H22N2O2. The number of ether oxygens (including phenoxy) is 1. The summed E-state index contributed by atoms with van der Waals surface area (Å²) in [5.41, 5.74) is 6.99. The van der Waals surface area contributed by atoms with Crippen LogP contribution >= 0.6 is 0 Å². The van der Waals surface area contributed by atoms with Crippen LogP contribution in [0.2, 0.25) is 0 Å². The fourth-order valence-corrected chi connectivity index (χ4v) is 2.46. The van der Waals surface area contributed by atoms with Crippen molar-refractivity contribution in [3.63, 3.8) is 0 Å². The van der Waals surface area contributed by atoms with Gasteiger partial charge in [0.2, 0.25) is 5.91 Å². The van der Waals surface area contributed by atoms with Crippen molar-refractivity contribution in [3.05, 3.63) is 29.8 Å². The molecule has 4 heteroatoms. The van der Waals surface area contributed by atoms with Gasteiger partial charge in [-0.1, -0.05) is 19.1 Å². The first-order valence-electron chi connectivity index (χ1n) is 6.77. The first-order chi connectivity index (χ1) is 9.10. The maximum atomic E-state index is 12.1. The van der Waals surface area contributed by atoms with Crippen LogP contribution in [0.3, 0.4) is 0 Å². The van der Waals surface area contributed by atoms with Crippen LogP contribution in [-0.4, -0.2) is 37.0 Å². The van der Waals surface area contributed by atoms with E-state index in [9.17, 15) is 4.79 Å². The van der Waals surface area contributed by atoms with Crippen LogP contribution in [0.4, 0.5) is 0 Å². The fraction of sp³-hybridized carbons (Fsp3) is 0.533. The number of rotatable bonds is 4. The van der Waals surface area contributed by atoms with E-state index in [0.717, 1.165) is 24.3 Å². The van der Waals surface area contributed by atoms with Gasteiger partial charge in [0.1, 0.15) is 5.75 Å². The van der Waals surface area contributed by atoms with Gasteiger partial charge in [0, 0.05) is 25.6 Å². The van der Waals surface area contributed by atoms with Gasteiger partial charge in [-0.3, -0.25) is 4.79 Å². The van der Waals surface area contributed by atoms with E-state index in [0.29, 0.717) is 13.0 Å². The van der Waals surface area contributed by atoms with Crippen molar-refractivity contribution in [2.45, 2.75) is 31.7 Å². The maximum Gasteiger partial charge on any atom is 0.223 e. The number of hydrogen-bond donors (Lipinski definition) is 1. The summed E-state index contributed by atoms with van der Waals surface area (Å²) in [6, 6.07) is 8.06. The molecule has 1 saturated heterocycles. The van der Waals surface area contributed by atoms with Gasteiger partial charge in [-0.15, -0.1) is 0 Å². The monoisotopic (exact) mass is 262 g/mol. The number of hydrogen-bond acceptors (Lipinski definition) is 3. The summed E-state index contributed by atoms with van der Waals surface area (Å²) in [4.78, 5) is 14.0. The molecule has 2 rings (SSSR count). The molecule has 1 aliphatic rings. The predicted octanol–water partition coefficient (Wildman–Crippen LogP) is 1.75. The number of nitrogens with zero attached hydrogens (tertiary/aromatic N) is 1. The van der Waals surface area contributed by atoms with E-state index in [1.165, 1.54) is 0 Å². The third-order valence-corrected chi connectivity index (χ3v) is 3.74. The van der Waals surface area contributed by atoms with E-state index in [2.05, 4.69) is 6.92 Å². The molecule has 0 aliphatic carbocycles. The SMILES string of the molecule is COc1ccc([C@H](C)CC(=O)N2CC[C@@H](N)C2)cc1. The summed E-state index contributed by atoms with van der Waals surface area (Å²) in [5.74, 6) is 1.26. The quantitative estimate of drug-likeness (QED) is 0.899. The zero-order chi connectivity index (χ0) is 13.8. The van der Waals surface area contributed by atoms with E-state index in [4.69, 9.17) is 10.5 Å². The number of benzene rings is 1. The minimum Gasteiger partial charge on any atom is -0.497 e. The Hall–Kier alpha value is -1.55. The lowest BCUT2D eigenvalue weighted by atomic mass is 9.97. The largest absolute Gasteiger partial charge is 0.497 e. The molecule has 0 saturated carbocycles. The van der Waals surface area contributed by atoms with Gasteiger partial charge < -0.3 is 15.4 Å². The van der Waals surface area contributed by atoms with Gasteiger partial charge >= 0.3 is 0 Å². The molecule has 0 spiro atoms. The van der Waals surface area contributed by atoms with E-state index < -0.39 is 0 Å². The first-order valence-corrected chi connectivity index (χ1v) is 6.77. The number of likely N-dealkylation sites (tertiary alicyclic amines) is 1. The van der Waals surface area contributed by atoms with Crippen molar-refractivity contribution in [2.75, 3.05) is 20.2 Å². The third kappa shape index (κ3) is 3.47. The molecule has 4 nitrogen and oxygen atoms in total. The summed E-state index contributed by atoms with van der Waals surface area (Å²) >= 11 is 0. The summed E-state index contributed by atoms with van der Waals surface area (Å²) in [7, 11) is 1.65. The van der Waals surface area contributed by atoms with Crippen LogP contribution in [0, 0.1) is 0 Å². The molecule has 1 aromatic rings. The van der Waals surface area contributed by atoms with Crippen LogP contribution in [0.1, 0.15) is 31.2 Å². The highest BCUT2D eigenvalue weighted by Gasteiger charge is 2.24. The summed E-state index contributed by atoms with van der Waals surface area (Å²) < 4.78 is 5.13. The Morgan fingerprint density at radius 3 is 2.68 bits per heavy atom. The lowest BCUT2D eigenvalue weighted by Crippen LogP contribution is -2.32. The van der Waals surface area contributed by atoms with Crippen molar-refractivity contribution in [1.29, 1.82) is 0 Å². The summed E-state index contributed by atoms with van der Waals surface area (Å²) in [6.45, 7) is 3.58.